The van der Waals surface area contributed by atoms with Crippen LogP contribution in [0.15, 0.2) is 23.4 Å². The zero-order chi connectivity index (χ0) is 13.4. The Morgan fingerprint density at radius 3 is 2.56 bits per heavy atom. The van der Waals surface area contributed by atoms with Crippen molar-refractivity contribution in [3.63, 3.8) is 0 Å². The van der Waals surface area contributed by atoms with Crippen LogP contribution in [0.3, 0.4) is 0 Å². The van der Waals surface area contributed by atoms with E-state index in [2.05, 4.69) is 48.1 Å². The molecule has 0 saturated heterocycles. The number of nitrogens with zero attached hydrogens (tertiary/aromatic N) is 2. The molecule has 0 aliphatic rings. The smallest absolute Gasteiger partial charge is 0.0960 e. The van der Waals surface area contributed by atoms with Gasteiger partial charge in [-0.2, -0.15) is 0 Å². The molecule has 1 heterocycles. The van der Waals surface area contributed by atoms with Gasteiger partial charge in [0.2, 0.25) is 0 Å². The predicted molar refractivity (Wildman–Crippen MR) is 80.2 cm³/mol. The van der Waals surface area contributed by atoms with Gasteiger partial charge in [-0.1, -0.05) is 19.9 Å². The van der Waals surface area contributed by atoms with E-state index in [1.165, 1.54) is 5.56 Å². The van der Waals surface area contributed by atoms with E-state index in [-0.39, 0.29) is 0 Å². The van der Waals surface area contributed by atoms with Crippen molar-refractivity contribution in [2.24, 2.45) is 0 Å². The van der Waals surface area contributed by atoms with Crippen molar-refractivity contribution in [3.8, 4) is 0 Å². The molecule has 0 bridgehead atoms. The molecule has 1 atom stereocenters. The molecular formula is C14H25N3S. The van der Waals surface area contributed by atoms with E-state index in [0.29, 0.717) is 6.04 Å². The Labute approximate surface area is 115 Å². The summed E-state index contributed by atoms with van der Waals surface area (Å²) in [6.45, 7) is 9.95. The van der Waals surface area contributed by atoms with E-state index in [0.717, 1.165) is 30.4 Å². The molecule has 1 rings (SSSR count). The van der Waals surface area contributed by atoms with Crippen LogP contribution in [0.5, 0.6) is 0 Å². The maximum absolute atomic E-state index is 4.50. The Kier molecular flexibility index (Phi) is 7.32. The number of aromatic nitrogens is 1. The number of hydrogen-bond donors (Lipinski definition) is 1. The number of hydrogen-bond acceptors (Lipinski definition) is 4. The average Bonchev–Trinajstić information content (AvgIpc) is 2.43. The van der Waals surface area contributed by atoms with Gasteiger partial charge < -0.3 is 10.2 Å². The molecule has 0 aromatic carbocycles. The van der Waals surface area contributed by atoms with Gasteiger partial charge in [0, 0.05) is 24.5 Å². The normalized spacial score (nSPS) is 12.9. The van der Waals surface area contributed by atoms with Crippen molar-refractivity contribution in [2.45, 2.75) is 31.8 Å². The maximum atomic E-state index is 4.50. The fourth-order valence-electron chi connectivity index (χ4n) is 1.72. The molecule has 1 aromatic heterocycles. The van der Waals surface area contributed by atoms with Gasteiger partial charge in [0.1, 0.15) is 0 Å². The molecular weight excluding hydrogens is 242 g/mol. The zero-order valence-electron chi connectivity index (χ0n) is 11.9. The lowest BCUT2D eigenvalue weighted by atomic mass is 10.1. The monoisotopic (exact) mass is 267 g/mol. The molecule has 0 saturated carbocycles. The maximum Gasteiger partial charge on any atom is 0.0960 e. The third-order valence-corrected chi connectivity index (χ3v) is 4.17. The summed E-state index contributed by atoms with van der Waals surface area (Å²) in [7, 11) is 1.97. The molecule has 0 fully saturated rings. The van der Waals surface area contributed by atoms with Gasteiger partial charge in [0.15, 0.2) is 0 Å². The topological polar surface area (TPSA) is 28.2 Å². The second-order valence-corrected chi connectivity index (χ2v) is 5.43. The van der Waals surface area contributed by atoms with Crippen molar-refractivity contribution in [3.05, 3.63) is 23.9 Å². The van der Waals surface area contributed by atoms with Crippen molar-refractivity contribution < 1.29 is 0 Å². The van der Waals surface area contributed by atoms with Crippen LogP contribution in [-0.2, 0) is 0 Å². The van der Waals surface area contributed by atoms with Crippen molar-refractivity contribution in [2.75, 3.05) is 32.4 Å². The van der Waals surface area contributed by atoms with Crippen LogP contribution < -0.4 is 5.32 Å². The standard InChI is InChI=1S/C14H25N3S/c1-5-17(6-2)9-10-18-14-8-7-13(11-16-14)12(3)15-4/h7-8,11-12,15H,5-6,9-10H2,1-4H3. The highest BCUT2D eigenvalue weighted by Crippen LogP contribution is 2.18. The number of thioether (sulfide) groups is 1. The minimum absolute atomic E-state index is 0.368. The average molecular weight is 267 g/mol. The molecule has 0 aliphatic heterocycles. The first-order chi connectivity index (χ1) is 8.71. The summed E-state index contributed by atoms with van der Waals surface area (Å²) in [5, 5.41) is 4.34. The molecule has 0 radical (unpaired) electrons. The van der Waals surface area contributed by atoms with Gasteiger partial charge in [-0.25, -0.2) is 4.98 Å². The molecule has 1 aromatic rings. The van der Waals surface area contributed by atoms with Gasteiger partial charge in [0.05, 0.1) is 5.03 Å². The summed E-state index contributed by atoms with van der Waals surface area (Å²) in [5.74, 6) is 1.11. The highest BCUT2D eigenvalue weighted by Gasteiger charge is 2.04. The largest absolute Gasteiger partial charge is 0.313 e. The Hall–Kier alpha value is -0.580. The van der Waals surface area contributed by atoms with Crippen LogP contribution in [0, 0.1) is 0 Å². The van der Waals surface area contributed by atoms with Crippen LogP contribution in [0.4, 0.5) is 0 Å². The lowest BCUT2D eigenvalue weighted by Crippen LogP contribution is -2.25. The summed E-state index contributed by atoms with van der Waals surface area (Å²) in [6, 6.07) is 4.65. The van der Waals surface area contributed by atoms with Gasteiger partial charge in [-0.3, -0.25) is 0 Å². The molecule has 1 unspecified atom stereocenters. The summed E-state index contributed by atoms with van der Waals surface area (Å²) in [6.07, 6.45) is 1.97. The second-order valence-electron chi connectivity index (χ2n) is 4.32. The lowest BCUT2D eigenvalue weighted by molar-refractivity contribution is 0.324. The van der Waals surface area contributed by atoms with Gasteiger partial charge in [0.25, 0.3) is 0 Å². The molecule has 0 amide bonds. The molecule has 0 aliphatic carbocycles. The molecule has 3 nitrogen and oxygen atoms in total. The third-order valence-electron chi connectivity index (χ3n) is 3.24. The summed E-state index contributed by atoms with van der Waals surface area (Å²) in [4.78, 5) is 6.94. The Balaban J connectivity index is 2.39. The summed E-state index contributed by atoms with van der Waals surface area (Å²) >= 11 is 1.83. The SMILES string of the molecule is CCN(CC)CCSc1ccc(C(C)NC)cn1. The van der Waals surface area contributed by atoms with E-state index in [1.54, 1.807) is 0 Å². The number of rotatable bonds is 8. The Morgan fingerprint density at radius 1 is 1.33 bits per heavy atom. The van der Waals surface area contributed by atoms with Crippen molar-refractivity contribution in [1.82, 2.24) is 15.2 Å². The van der Waals surface area contributed by atoms with Crippen LogP contribution in [-0.4, -0.2) is 42.3 Å². The minimum Gasteiger partial charge on any atom is -0.313 e. The Morgan fingerprint density at radius 2 is 2.06 bits per heavy atom. The number of pyridine rings is 1. The van der Waals surface area contributed by atoms with Crippen LogP contribution >= 0.6 is 11.8 Å². The molecule has 1 N–H and O–H groups in total. The van der Waals surface area contributed by atoms with Gasteiger partial charge >= 0.3 is 0 Å². The third kappa shape index (κ3) is 4.96. The fourth-order valence-corrected chi connectivity index (χ4v) is 2.57. The van der Waals surface area contributed by atoms with Crippen molar-refractivity contribution >= 4 is 11.8 Å². The molecule has 102 valence electrons. The van der Waals surface area contributed by atoms with E-state index < -0.39 is 0 Å². The first-order valence-electron chi connectivity index (χ1n) is 6.69. The minimum atomic E-state index is 0.368. The van der Waals surface area contributed by atoms with Gasteiger partial charge in [-0.05, 0) is 38.7 Å². The highest BCUT2D eigenvalue weighted by atomic mass is 32.2. The van der Waals surface area contributed by atoms with E-state index in [1.807, 2.05) is 25.0 Å². The second kappa shape index (κ2) is 8.51. The van der Waals surface area contributed by atoms with Crippen LogP contribution in [0.1, 0.15) is 32.4 Å². The van der Waals surface area contributed by atoms with Crippen LogP contribution in [0.25, 0.3) is 0 Å². The van der Waals surface area contributed by atoms with Crippen LogP contribution in [0.2, 0.25) is 0 Å². The summed E-state index contributed by atoms with van der Waals surface area (Å²) in [5.41, 5.74) is 1.24. The first kappa shape index (κ1) is 15.5. The summed E-state index contributed by atoms with van der Waals surface area (Å²) < 4.78 is 0. The Bertz CT molecular complexity index is 322. The predicted octanol–water partition coefficient (Wildman–Crippen LogP) is 2.80. The zero-order valence-corrected chi connectivity index (χ0v) is 12.8. The highest BCUT2D eigenvalue weighted by molar-refractivity contribution is 7.99. The van der Waals surface area contributed by atoms with Crippen molar-refractivity contribution in [1.29, 1.82) is 0 Å². The lowest BCUT2D eigenvalue weighted by Gasteiger charge is -2.17. The quantitative estimate of drug-likeness (QED) is 0.733. The van der Waals surface area contributed by atoms with E-state index in [4.69, 9.17) is 0 Å². The first-order valence-corrected chi connectivity index (χ1v) is 7.68. The van der Waals surface area contributed by atoms with Gasteiger partial charge in [-0.15, -0.1) is 11.8 Å². The molecule has 0 spiro atoms. The van der Waals surface area contributed by atoms with E-state index in [9.17, 15) is 0 Å². The molecule has 4 heteroatoms. The van der Waals surface area contributed by atoms with E-state index >= 15 is 0 Å². The molecule has 18 heavy (non-hydrogen) atoms. The number of nitrogens with one attached hydrogen (secondary N) is 1. The fraction of sp³-hybridized carbons (Fsp3) is 0.643.